The van der Waals surface area contributed by atoms with E-state index in [9.17, 15) is 20.1 Å². The van der Waals surface area contributed by atoms with Crippen molar-refractivity contribution in [1.82, 2.24) is 5.32 Å². The number of ether oxygens (including phenoxy) is 1. The monoisotopic (exact) mass is 318 g/mol. The Morgan fingerprint density at radius 3 is 2.43 bits per heavy atom. The van der Waals surface area contributed by atoms with Crippen LogP contribution in [-0.2, 0) is 6.42 Å². The van der Waals surface area contributed by atoms with Crippen molar-refractivity contribution in [2.45, 2.75) is 6.42 Å². The van der Waals surface area contributed by atoms with Gasteiger partial charge in [-0.3, -0.25) is 0 Å². The summed E-state index contributed by atoms with van der Waals surface area (Å²) in [4.78, 5) is 11.8. The molecule has 0 heterocycles. The molecule has 0 radical (unpaired) electrons. The first-order chi connectivity index (χ1) is 11.0. The van der Waals surface area contributed by atoms with Crippen molar-refractivity contribution in [3.05, 3.63) is 42.0 Å². The molecule has 2 aromatic rings. The van der Waals surface area contributed by atoms with Crippen molar-refractivity contribution in [3.63, 3.8) is 0 Å². The Morgan fingerprint density at radius 1 is 1.13 bits per heavy atom. The van der Waals surface area contributed by atoms with E-state index in [0.717, 1.165) is 23.4 Å². The molecule has 0 saturated carbocycles. The summed E-state index contributed by atoms with van der Waals surface area (Å²) in [6, 6.07) is 9.28. The van der Waals surface area contributed by atoms with Crippen LogP contribution in [-0.4, -0.2) is 35.0 Å². The molecule has 2 amide bonds. The molecule has 0 fully saturated rings. The lowest BCUT2D eigenvalue weighted by Gasteiger charge is -2.11. The fourth-order valence-electron chi connectivity index (χ4n) is 2.07. The molecule has 0 aliphatic heterocycles. The fourth-order valence-corrected chi connectivity index (χ4v) is 2.07. The van der Waals surface area contributed by atoms with Gasteiger partial charge in [0.25, 0.3) is 0 Å². The number of carbonyl (C=O) groups excluding carboxylic acids is 1. The minimum atomic E-state index is -0.632. The largest absolute Gasteiger partial charge is 0.504 e. The van der Waals surface area contributed by atoms with E-state index in [1.165, 1.54) is 0 Å². The number of phenols is 3. The zero-order valence-electron chi connectivity index (χ0n) is 12.5. The first-order valence-electron chi connectivity index (χ1n) is 6.93. The molecule has 0 aromatic heterocycles. The Morgan fingerprint density at radius 2 is 1.78 bits per heavy atom. The van der Waals surface area contributed by atoms with Gasteiger partial charge in [0.15, 0.2) is 17.2 Å². The first kappa shape index (κ1) is 16.3. The summed E-state index contributed by atoms with van der Waals surface area (Å²) in [5, 5.41) is 33.1. The highest BCUT2D eigenvalue weighted by Gasteiger charge is 2.10. The number of anilines is 1. The highest BCUT2D eigenvalue weighted by molar-refractivity contribution is 5.90. The average molecular weight is 318 g/mol. The van der Waals surface area contributed by atoms with Crippen LogP contribution in [0.5, 0.6) is 23.0 Å². The topological polar surface area (TPSA) is 111 Å². The van der Waals surface area contributed by atoms with Gasteiger partial charge in [0.1, 0.15) is 5.75 Å². The van der Waals surface area contributed by atoms with Gasteiger partial charge in [0, 0.05) is 18.7 Å². The van der Waals surface area contributed by atoms with Gasteiger partial charge in [0.05, 0.1) is 12.8 Å². The second-order valence-electron chi connectivity index (χ2n) is 4.81. The van der Waals surface area contributed by atoms with Crippen LogP contribution < -0.4 is 15.4 Å². The van der Waals surface area contributed by atoms with E-state index in [1.54, 1.807) is 7.11 Å². The van der Waals surface area contributed by atoms with Gasteiger partial charge in [-0.2, -0.15) is 0 Å². The number of methoxy groups -OCH3 is 1. The van der Waals surface area contributed by atoms with E-state index in [1.807, 2.05) is 24.3 Å². The van der Waals surface area contributed by atoms with Crippen LogP contribution in [0.3, 0.4) is 0 Å². The van der Waals surface area contributed by atoms with Crippen LogP contribution in [0.1, 0.15) is 5.56 Å². The summed E-state index contributed by atoms with van der Waals surface area (Å²) in [6.45, 7) is 0.377. The normalized spacial score (nSPS) is 10.1. The molecule has 0 atom stereocenters. The third-order valence-electron chi connectivity index (χ3n) is 3.20. The van der Waals surface area contributed by atoms with Crippen molar-refractivity contribution >= 4 is 11.7 Å². The number of amides is 2. The maximum absolute atomic E-state index is 11.8. The Bertz CT molecular complexity index is 680. The summed E-state index contributed by atoms with van der Waals surface area (Å²) < 4.78 is 5.23. The van der Waals surface area contributed by atoms with Crippen LogP contribution in [0.4, 0.5) is 10.5 Å². The number of hydrogen-bond donors (Lipinski definition) is 5. The number of carbonyl (C=O) groups is 1. The maximum Gasteiger partial charge on any atom is 0.319 e. The molecule has 0 saturated heterocycles. The van der Waals surface area contributed by atoms with Gasteiger partial charge in [-0.05, 0) is 18.1 Å². The van der Waals surface area contributed by atoms with E-state index in [2.05, 4.69) is 10.6 Å². The summed E-state index contributed by atoms with van der Waals surface area (Å²) in [5.41, 5.74) is 1.13. The van der Waals surface area contributed by atoms with E-state index < -0.39 is 23.3 Å². The van der Waals surface area contributed by atoms with Gasteiger partial charge in [-0.1, -0.05) is 18.2 Å². The average Bonchev–Trinajstić information content (AvgIpc) is 2.53. The smallest absolute Gasteiger partial charge is 0.319 e. The molecule has 0 bridgehead atoms. The molecule has 0 unspecified atom stereocenters. The molecule has 7 nitrogen and oxygen atoms in total. The molecule has 0 aliphatic carbocycles. The number of hydrogen-bond acceptors (Lipinski definition) is 5. The van der Waals surface area contributed by atoms with E-state index in [0.29, 0.717) is 13.0 Å². The number of para-hydroxylation sites is 1. The first-order valence-corrected chi connectivity index (χ1v) is 6.93. The van der Waals surface area contributed by atoms with Crippen LogP contribution in [0, 0.1) is 0 Å². The van der Waals surface area contributed by atoms with Crippen LogP contribution >= 0.6 is 0 Å². The van der Waals surface area contributed by atoms with Gasteiger partial charge >= 0.3 is 6.03 Å². The molecule has 2 rings (SSSR count). The molecular weight excluding hydrogens is 300 g/mol. The molecule has 0 aliphatic rings. The van der Waals surface area contributed by atoms with Crippen molar-refractivity contribution < 1.29 is 24.9 Å². The van der Waals surface area contributed by atoms with Crippen LogP contribution in [0.2, 0.25) is 0 Å². The van der Waals surface area contributed by atoms with Gasteiger partial charge in [-0.25, -0.2) is 4.79 Å². The minimum Gasteiger partial charge on any atom is -0.504 e. The standard InChI is InChI=1S/C16H18N2O5/c1-23-14-5-3-2-4-10(14)6-7-17-16(22)18-11-8-12(19)15(21)13(20)9-11/h2-5,8-9,19-21H,6-7H2,1H3,(H2,17,18,22). The lowest BCUT2D eigenvalue weighted by atomic mass is 10.1. The van der Waals surface area contributed by atoms with Crippen molar-refractivity contribution in [2.24, 2.45) is 0 Å². The Kier molecular flexibility index (Phi) is 5.14. The molecule has 5 N–H and O–H groups in total. The van der Waals surface area contributed by atoms with Gasteiger partial charge < -0.3 is 30.7 Å². The van der Waals surface area contributed by atoms with Crippen molar-refractivity contribution in [2.75, 3.05) is 19.0 Å². The van der Waals surface area contributed by atoms with Gasteiger partial charge in [0.2, 0.25) is 0 Å². The number of phenolic OH excluding ortho intramolecular Hbond substituents is 3. The number of aromatic hydroxyl groups is 3. The zero-order valence-corrected chi connectivity index (χ0v) is 12.5. The lowest BCUT2D eigenvalue weighted by Crippen LogP contribution is -2.30. The molecule has 7 heteroatoms. The second-order valence-corrected chi connectivity index (χ2v) is 4.81. The van der Waals surface area contributed by atoms with E-state index in [4.69, 9.17) is 4.74 Å². The predicted octanol–water partition coefficient (Wildman–Crippen LogP) is 2.18. The SMILES string of the molecule is COc1ccccc1CCNC(=O)Nc1cc(O)c(O)c(O)c1. The third kappa shape index (κ3) is 4.19. The third-order valence-corrected chi connectivity index (χ3v) is 3.20. The van der Waals surface area contributed by atoms with E-state index in [-0.39, 0.29) is 5.69 Å². The number of nitrogens with one attached hydrogen (secondary N) is 2. The number of benzene rings is 2. The molecular formula is C16H18N2O5. The second kappa shape index (κ2) is 7.26. The van der Waals surface area contributed by atoms with Crippen molar-refractivity contribution in [3.8, 4) is 23.0 Å². The minimum absolute atomic E-state index is 0.160. The Labute approximate surface area is 133 Å². The molecule has 122 valence electrons. The van der Waals surface area contributed by atoms with Crippen LogP contribution in [0.25, 0.3) is 0 Å². The molecule has 2 aromatic carbocycles. The van der Waals surface area contributed by atoms with Crippen molar-refractivity contribution in [1.29, 1.82) is 0 Å². The highest BCUT2D eigenvalue weighted by Crippen LogP contribution is 2.37. The fraction of sp³-hybridized carbons (Fsp3) is 0.188. The maximum atomic E-state index is 11.8. The Hall–Kier alpha value is -3.09. The highest BCUT2D eigenvalue weighted by atomic mass is 16.5. The summed E-state index contributed by atoms with van der Waals surface area (Å²) in [5.74, 6) is -0.918. The Balaban J connectivity index is 1.88. The summed E-state index contributed by atoms with van der Waals surface area (Å²) in [6.07, 6.45) is 0.587. The van der Waals surface area contributed by atoms with Gasteiger partial charge in [-0.15, -0.1) is 0 Å². The lowest BCUT2D eigenvalue weighted by molar-refractivity contribution is 0.252. The zero-order chi connectivity index (χ0) is 16.8. The van der Waals surface area contributed by atoms with E-state index >= 15 is 0 Å². The predicted molar refractivity (Wildman–Crippen MR) is 85.2 cm³/mol. The molecule has 23 heavy (non-hydrogen) atoms. The number of rotatable bonds is 5. The van der Waals surface area contributed by atoms with Crippen LogP contribution in [0.15, 0.2) is 36.4 Å². The number of urea groups is 1. The summed E-state index contributed by atoms with van der Waals surface area (Å²) in [7, 11) is 1.59. The summed E-state index contributed by atoms with van der Waals surface area (Å²) >= 11 is 0. The molecule has 0 spiro atoms. The quantitative estimate of drug-likeness (QED) is 0.428.